The van der Waals surface area contributed by atoms with E-state index in [2.05, 4.69) is 52.0 Å². The van der Waals surface area contributed by atoms with Crippen molar-refractivity contribution in [3.05, 3.63) is 36.4 Å². The minimum atomic E-state index is 0. The highest BCUT2D eigenvalue weighted by atomic mass is 35.5. The van der Waals surface area contributed by atoms with Crippen LogP contribution in [-0.2, 0) is 0 Å². The highest BCUT2D eigenvalue weighted by Gasteiger charge is 2.13. The van der Waals surface area contributed by atoms with Crippen molar-refractivity contribution in [2.75, 3.05) is 24.7 Å². The Labute approximate surface area is 122 Å². The zero-order chi connectivity index (χ0) is 12.5. The van der Waals surface area contributed by atoms with Crippen molar-refractivity contribution in [1.29, 1.82) is 0 Å². The summed E-state index contributed by atoms with van der Waals surface area (Å²) >= 11 is 1.77. The number of benzene rings is 2. The summed E-state index contributed by atoms with van der Waals surface area (Å²) in [4.78, 5) is 4.68. The third-order valence-corrected chi connectivity index (χ3v) is 4.05. The lowest BCUT2D eigenvalue weighted by molar-refractivity contribution is -0.00000351. The maximum Gasteiger partial charge on any atom is 0.259 e. The van der Waals surface area contributed by atoms with Gasteiger partial charge in [0.25, 0.3) is 9.40 Å². The molecule has 0 atom stereocenters. The molecule has 0 amide bonds. The molecule has 5 heteroatoms. The predicted octanol–water partition coefficient (Wildman–Crippen LogP) is 0.818. The summed E-state index contributed by atoms with van der Waals surface area (Å²) < 4.78 is 2.39. The van der Waals surface area contributed by atoms with Crippen LogP contribution < -0.4 is 23.0 Å². The van der Waals surface area contributed by atoms with Crippen LogP contribution >= 0.6 is 11.3 Å². The van der Waals surface area contributed by atoms with Crippen LogP contribution in [0.2, 0.25) is 0 Å². The number of rotatable bonds is 2. The van der Waals surface area contributed by atoms with Crippen LogP contribution in [0.3, 0.4) is 0 Å². The number of nitrogens with one attached hydrogen (secondary N) is 2. The van der Waals surface area contributed by atoms with Crippen molar-refractivity contribution in [3.63, 3.8) is 0 Å². The second-order valence-electron chi connectivity index (χ2n) is 4.08. The normalized spacial score (nSPS) is 10.2. The van der Waals surface area contributed by atoms with E-state index in [0.717, 1.165) is 22.4 Å². The molecular weight excluding hydrogens is 278 g/mol. The van der Waals surface area contributed by atoms with Gasteiger partial charge < -0.3 is 23.0 Å². The first kappa shape index (κ1) is 13.8. The topological polar surface area (TPSA) is 37.0 Å². The standard InChI is InChI=1S/C14H14N3S.ClH/c1-15-9-3-5-11-13(7-9)18-14-8-10(16-2)4-6-12(14)17-11;/h3-8,15-16H,1-2H3;1H/q+1;/p-1. The largest absolute Gasteiger partial charge is 1.00 e. The predicted molar refractivity (Wildman–Crippen MR) is 80.6 cm³/mol. The summed E-state index contributed by atoms with van der Waals surface area (Å²) in [7, 11) is 3.86. The van der Waals surface area contributed by atoms with Gasteiger partial charge in [-0.1, -0.05) is 0 Å². The van der Waals surface area contributed by atoms with Gasteiger partial charge in [-0.2, -0.15) is 0 Å². The van der Waals surface area contributed by atoms with Crippen LogP contribution in [-0.4, -0.2) is 19.1 Å². The van der Waals surface area contributed by atoms with E-state index in [1.165, 1.54) is 9.40 Å². The summed E-state index contributed by atoms with van der Waals surface area (Å²) in [6.45, 7) is 0. The molecule has 19 heavy (non-hydrogen) atoms. The van der Waals surface area contributed by atoms with Crippen molar-refractivity contribution < 1.29 is 12.4 Å². The summed E-state index contributed by atoms with van der Waals surface area (Å²) in [6, 6.07) is 12.5. The van der Waals surface area contributed by atoms with E-state index < -0.39 is 0 Å². The summed E-state index contributed by atoms with van der Waals surface area (Å²) in [5.41, 5.74) is 4.32. The van der Waals surface area contributed by atoms with E-state index in [0.29, 0.717) is 0 Å². The molecule has 0 radical (unpaired) electrons. The average Bonchev–Trinajstić information content (AvgIpc) is 2.43. The number of hydrogen-bond donors (Lipinski definition) is 2. The Kier molecular flexibility index (Phi) is 4.02. The van der Waals surface area contributed by atoms with Crippen LogP contribution in [0, 0.1) is 0 Å². The zero-order valence-corrected chi connectivity index (χ0v) is 12.3. The molecule has 2 aromatic carbocycles. The number of fused-ring (bicyclic) bond motifs is 2. The van der Waals surface area contributed by atoms with Crippen molar-refractivity contribution >= 4 is 43.1 Å². The lowest BCUT2D eigenvalue weighted by atomic mass is 10.2. The number of anilines is 2. The van der Waals surface area contributed by atoms with Gasteiger partial charge in [0.2, 0.25) is 11.3 Å². The fourth-order valence-corrected chi connectivity index (χ4v) is 2.98. The Balaban J connectivity index is 0.00000133. The van der Waals surface area contributed by atoms with E-state index in [9.17, 15) is 0 Å². The van der Waals surface area contributed by atoms with Crippen molar-refractivity contribution in [2.45, 2.75) is 0 Å². The first-order chi connectivity index (χ1) is 8.80. The van der Waals surface area contributed by atoms with E-state index in [-0.39, 0.29) is 12.4 Å². The number of hydrogen-bond acceptors (Lipinski definition) is 3. The fourth-order valence-electron chi connectivity index (χ4n) is 1.94. The summed E-state index contributed by atoms with van der Waals surface area (Å²) in [5, 5.41) is 6.31. The molecule has 0 saturated heterocycles. The Bertz CT molecular complexity index is 671. The maximum absolute atomic E-state index is 4.68. The second kappa shape index (κ2) is 5.55. The van der Waals surface area contributed by atoms with Crippen molar-refractivity contribution in [1.82, 2.24) is 4.98 Å². The number of aromatic nitrogens is 1. The van der Waals surface area contributed by atoms with E-state index in [1.807, 2.05) is 14.1 Å². The highest BCUT2D eigenvalue weighted by Crippen LogP contribution is 2.29. The first-order valence-corrected chi connectivity index (χ1v) is 6.65. The molecule has 1 heterocycles. The summed E-state index contributed by atoms with van der Waals surface area (Å²) in [5.74, 6) is 0. The summed E-state index contributed by atoms with van der Waals surface area (Å²) in [6.07, 6.45) is 0. The van der Waals surface area contributed by atoms with Crippen LogP contribution in [0.1, 0.15) is 0 Å². The smallest absolute Gasteiger partial charge is 0.259 e. The maximum atomic E-state index is 4.68. The molecule has 0 bridgehead atoms. The van der Waals surface area contributed by atoms with E-state index in [1.54, 1.807) is 11.3 Å². The third-order valence-electron chi connectivity index (χ3n) is 2.96. The minimum absolute atomic E-state index is 0. The van der Waals surface area contributed by atoms with Gasteiger partial charge in [-0.3, -0.25) is 0 Å². The van der Waals surface area contributed by atoms with Gasteiger partial charge in [0.05, 0.1) is 0 Å². The lowest BCUT2D eigenvalue weighted by Gasteiger charge is -1.99. The van der Waals surface area contributed by atoms with Crippen LogP contribution in [0.5, 0.6) is 0 Å². The molecule has 1 aromatic heterocycles. The van der Waals surface area contributed by atoms with Crippen molar-refractivity contribution in [3.8, 4) is 0 Å². The first-order valence-electron chi connectivity index (χ1n) is 5.83. The fraction of sp³-hybridized carbons (Fsp3) is 0.143. The van der Waals surface area contributed by atoms with Gasteiger partial charge in [0, 0.05) is 37.6 Å². The Morgan fingerprint density at radius 1 is 0.842 bits per heavy atom. The van der Waals surface area contributed by atoms with Crippen LogP contribution in [0.25, 0.3) is 20.4 Å². The second-order valence-corrected chi connectivity index (χ2v) is 5.16. The number of halogens is 1. The molecule has 0 aliphatic rings. The molecule has 3 nitrogen and oxygen atoms in total. The Morgan fingerprint density at radius 3 is 1.74 bits per heavy atom. The number of nitrogens with zero attached hydrogens (tertiary/aromatic N) is 1. The molecule has 3 rings (SSSR count). The molecule has 0 aliphatic carbocycles. The average molecular weight is 292 g/mol. The van der Waals surface area contributed by atoms with E-state index >= 15 is 0 Å². The molecule has 0 spiro atoms. The van der Waals surface area contributed by atoms with E-state index in [4.69, 9.17) is 0 Å². The molecule has 2 N–H and O–H groups in total. The molecule has 98 valence electrons. The molecule has 0 unspecified atom stereocenters. The zero-order valence-electron chi connectivity index (χ0n) is 10.7. The molecule has 0 aliphatic heterocycles. The molecular formula is C14H14ClN3S. The SMILES string of the molecule is CNc1ccc2nc3ccc(NC)cc3[s+]c2c1.[Cl-]. The van der Waals surface area contributed by atoms with Gasteiger partial charge in [-0.25, -0.2) is 4.98 Å². The Morgan fingerprint density at radius 2 is 1.32 bits per heavy atom. The molecule has 3 aromatic rings. The monoisotopic (exact) mass is 291 g/mol. The van der Waals surface area contributed by atoms with Crippen LogP contribution in [0.4, 0.5) is 11.4 Å². The molecule has 0 fully saturated rings. The van der Waals surface area contributed by atoms with Gasteiger partial charge in [-0.05, 0) is 24.3 Å². The highest BCUT2D eigenvalue weighted by molar-refractivity contribution is 7.24. The lowest BCUT2D eigenvalue weighted by Crippen LogP contribution is -3.00. The quantitative estimate of drug-likeness (QED) is 0.542. The van der Waals surface area contributed by atoms with Gasteiger partial charge in [0.1, 0.15) is 11.0 Å². The van der Waals surface area contributed by atoms with Gasteiger partial charge in [0.15, 0.2) is 0 Å². The third kappa shape index (κ3) is 2.55. The van der Waals surface area contributed by atoms with Crippen molar-refractivity contribution in [2.24, 2.45) is 0 Å². The van der Waals surface area contributed by atoms with Gasteiger partial charge in [-0.15, -0.1) is 0 Å². The minimum Gasteiger partial charge on any atom is -1.00 e. The van der Waals surface area contributed by atoms with Crippen LogP contribution in [0.15, 0.2) is 36.4 Å². The van der Waals surface area contributed by atoms with Gasteiger partial charge >= 0.3 is 0 Å². The molecule has 0 saturated carbocycles. The Hall–Kier alpha value is -1.65.